The Morgan fingerprint density at radius 3 is 2.45 bits per heavy atom. The van der Waals surface area contributed by atoms with E-state index in [9.17, 15) is 0 Å². The maximum Gasteiger partial charge on any atom is 0.233 e. The largest absolute Gasteiger partial charge is 0.378 e. The number of hydrogen-bond acceptors (Lipinski definition) is 6. The van der Waals surface area contributed by atoms with Crippen molar-refractivity contribution in [3.8, 4) is 0 Å². The van der Waals surface area contributed by atoms with Crippen molar-refractivity contribution in [3.05, 3.63) is 35.1 Å². The van der Waals surface area contributed by atoms with Gasteiger partial charge in [-0.3, -0.25) is 0 Å². The lowest BCUT2D eigenvalue weighted by Gasteiger charge is -2.26. The van der Waals surface area contributed by atoms with Crippen LogP contribution in [0.3, 0.4) is 0 Å². The van der Waals surface area contributed by atoms with E-state index in [1.807, 2.05) is 36.1 Å². The Morgan fingerprint density at radius 2 is 1.77 bits per heavy atom. The molecule has 8 heteroatoms. The first-order valence-electron chi connectivity index (χ1n) is 6.79. The quantitative estimate of drug-likeness (QED) is 0.926. The normalized spacial score (nSPS) is 14.4. The lowest BCUT2D eigenvalue weighted by Crippen LogP contribution is -2.37. The van der Waals surface area contributed by atoms with Crippen LogP contribution in [0.5, 0.6) is 0 Å². The van der Waals surface area contributed by atoms with E-state index < -0.39 is 0 Å². The van der Waals surface area contributed by atoms with Crippen LogP contribution in [0, 0.1) is 6.92 Å². The lowest BCUT2D eigenvalue weighted by molar-refractivity contribution is 0.122. The third-order valence-electron chi connectivity index (χ3n) is 3.20. The van der Waals surface area contributed by atoms with Crippen molar-refractivity contribution < 1.29 is 4.74 Å². The Kier molecular flexibility index (Phi) is 5.76. The molecule has 118 valence electrons. The van der Waals surface area contributed by atoms with Gasteiger partial charge in [0.05, 0.1) is 13.2 Å². The number of hydrogen-bond donors (Lipinski definition) is 1. The molecule has 0 saturated carbocycles. The zero-order valence-corrected chi connectivity index (χ0v) is 13.7. The predicted octanol–water partition coefficient (Wildman–Crippen LogP) is 2.84. The first kappa shape index (κ1) is 16.7. The highest BCUT2D eigenvalue weighted by Gasteiger charge is 2.16. The van der Waals surface area contributed by atoms with Gasteiger partial charge in [0.25, 0.3) is 0 Å². The fourth-order valence-electron chi connectivity index (χ4n) is 2.07. The summed E-state index contributed by atoms with van der Waals surface area (Å²) in [4.78, 5) is 14.8. The van der Waals surface area contributed by atoms with E-state index in [0.29, 0.717) is 25.1 Å². The highest BCUT2D eigenvalue weighted by atomic mass is 35.5. The van der Waals surface area contributed by atoms with Gasteiger partial charge < -0.3 is 15.0 Å². The summed E-state index contributed by atoms with van der Waals surface area (Å²) in [6, 6.07) is 7.99. The van der Waals surface area contributed by atoms with Gasteiger partial charge in [-0.15, -0.1) is 12.4 Å². The monoisotopic (exact) mass is 341 g/mol. The van der Waals surface area contributed by atoms with Crippen LogP contribution < -0.4 is 10.2 Å². The van der Waals surface area contributed by atoms with Crippen molar-refractivity contribution in [1.29, 1.82) is 0 Å². The molecule has 0 radical (unpaired) electrons. The van der Waals surface area contributed by atoms with Crippen molar-refractivity contribution in [2.24, 2.45) is 0 Å². The predicted molar refractivity (Wildman–Crippen MR) is 89.6 cm³/mol. The van der Waals surface area contributed by atoms with Gasteiger partial charge in [0.1, 0.15) is 0 Å². The van der Waals surface area contributed by atoms with Crippen LogP contribution in [0.4, 0.5) is 17.6 Å². The number of nitrogens with zero attached hydrogens (tertiary/aromatic N) is 4. The van der Waals surface area contributed by atoms with Gasteiger partial charge >= 0.3 is 0 Å². The summed E-state index contributed by atoms with van der Waals surface area (Å²) >= 11 is 6.00. The highest BCUT2D eigenvalue weighted by molar-refractivity contribution is 6.28. The molecule has 0 spiro atoms. The summed E-state index contributed by atoms with van der Waals surface area (Å²) in [5, 5.41) is 3.33. The second-order valence-electron chi connectivity index (χ2n) is 4.82. The fourth-order valence-corrected chi connectivity index (χ4v) is 2.22. The second kappa shape index (κ2) is 7.58. The topological polar surface area (TPSA) is 63.2 Å². The minimum atomic E-state index is 0. The zero-order valence-electron chi connectivity index (χ0n) is 12.1. The molecule has 22 heavy (non-hydrogen) atoms. The number of ether oxygens (including phenoxy) is 1. The maximum absolute atomic E-state index is 6.00. The van der Waals surface area contributed by atoms with Crippen molar-refractivity contribution in [2.45, 2.75) is 6.92 Å². The van der Waals surface area contributed by atoms with E-state index in [4.69, 9.17) is 16.3 Å². The number of aryl methyl sites for hydroxylation is 1. The number of morpholine rings is 1. The van der Waals surface area contributed by atoms with Crippen molar-refractivity contribution in [1.82, 2.24) is 15.0 Å². The van der Waals surface area contributed by atoms with Crippen LogP contribution in [0.15, 0.2) is 24.3 Å². The Labute approximate surface area is 140 Å². The van der Waals surface area contributed by atoms with Gasteiger partial charge in [-0.25, -0.2) is 0 Å². The average molecular weight is 342 g/mol. The molecule has 0 amide bonds. The molecule has 1 fully saturated rings. The summed E-state index contributed by atoms with van der Waals surface area (Å²) in [5.41, 5.74) is 2.11. The summed E-state index contributed by atoms with van der Waals surface area (Å²) < 4.78 is 5.33. The molecule has 1 aliphatic heterocycles. The standard InChI is InChI=1S/C14H16ClN5O.ClH/c1-10-2-4-11(5-3-10)16-13-17-12(15)18-14(19-13)20-6-8-21-9-7-20;/h2-5H,6-9H2,1H3,(H,16,17,18,19);1H. The van der Waals surface area contributed by atoms with Gasteiger partial charge in [-0.2, -0.15) is 15.0 Å². The van der Waals surface area contributed by atoms with Gasteiger partial charge in [0.15, 0.2) is 0 Å². The summed E-state index contributed by atoms with van der Waals surface area (Å²) in [5.74, 6) is 1.02. The van der Waals surface area contributed by atoms with Gasteiger partial charge in [0, 0.05) is 18.8 Å². The number of anilines is 3. The van der Waals surface area contributed by atoms with Crippen molar-refractivity contribution in [2.75, 3.05) is 36.5 Å². The lowest BCUT2D eigenvalue weighted by atomic mass is 10.2. The van der Waals surface area contributed by atoms with Crippen LogP contribution in [0.1, 0.15) is 5.56 Å². The summed E-state index contributed by atoms with van der Waals surface area (Å²) in [6.45, 7) is 4.89. The molecule has 1 aromatic carbocycles. The number of aromatic nitrogens is 3. The molecule has 2 heterocycles. The molecule has 3 rings (SSSR count). The Hall–Kier alpha value is -1.63. The van der Waals surface area contributed by atoms with Crippen molar-refractivity contribution >= 4 is 41.6 Å². The minimum absolute atomic E-state index is 0. The van der Waals surface area contributed by atoms with Crippen LogP contribution in [0.25, 0.3) is 0 Å². The van der Waals surface area contributed by atoms with E-state index in [1.54, 1.807) is 0 Å². The Morgan fingerprint density at radius 1 is 1.09 bits per heavy atom. The summed E-state index contributed by atoms with van der Waals surface area (Å²) in [6.07, 6.45) is 0. The van der Waals surface area contributed by atoms with E-state index >= 15 is 0 Å². The molecule has 1 aliphatic rings. The molecule has 0 bridgehead atoms. The number of halogens is 2. The molecule has 1 N–H and O–H groups in total. The van der Waals surface area contributed by atoms with Gasteiger partial charge in [-0.1, -0.05) is 17.7 Å². The minimum Gasteiger partial charge on any atom is -0.378 e. The third kappa shape index (κ3) is 4.19. The molecule has 1 aromatic heterocycles. The highest BCUT2D eigenvalue weighted by Crippen LogP contribution is 2.18. The van der Waals surface area contributed by atoms with E-state index in [-0.39, 0.29) is 17.7 Å². The number of benzene rings is 1. The van der Waals surface area contributed by atoms with Gasteiger partial charge in [-0.05, 0) is 30.7 Å². The van der Waals surface area contributed by atoms with Crippen LogP contribution in [-0.4, -0.2) is 41.3 Å². The third-order valence-corrected chi connectivity index (χ3v) is 3.37. The number of nitrogens with one attached hydrogen (secondary N) is 1. The molecule has 1 saturated heterocycles. The SMILES string of the molecule is Cc1ccc(Nc2nc(Cl)nc(N3CCOCC3)n2)cc1.Cl. The molecule has 0 aliphatic carbocycles. The molecule has 0 atom stereocenters. The Bertz CT molecular complexity index is 617. The molecular weight excluding hydrogens is 325 g/mol. The van der Waals surface area contributed by atoms with Crippen LogP contribution >= 0.6 is 24.0 Å². The summed E-state index contributed by atoms with van der Waals surface area (Å²) in [7, 11) is 0. The number of rotatable bonds is 3. The maximum atomic E-state index is 6.00. The Balaban J connectivity index is 0.00000176. The second-order valence-corrected chi connectivity index (χ2v) is 5.16. The van der Waals surface area contributed by atoms with E-state index in [0.717, 1.165) is 18.8 Å². The molecule has 2 aromatic rings. The van der Waals surface area contributed by atoms with Crippen LogP contribution in [-0.2, 0) is 4.74 Å². The first-order valence-corrected chi connectivity index (χ1v) is 7.16. The van der Waals surface area contributed by atoms with E-state index in [1.165, 1.54) is 5.56 Å². The molecule has 6 nitrogen and oxygen atoms in total. The smallest absolute Gasteiger partial charge is 0.233 e. The van der Waals surface area contributed by atoms with Crippen molar-refractivity contribution in [3.63, 3.8) is 0 Å². The molecule has 0 unspecified atom stereocenters. The fraction of sp³-hybridized carbons (Fsp3) is 0.357. The average Bonchev–Trinajstić information content (AvgIpc) is 2.50. The first-order chi connectivity index (χ1) is 10.2. The van der Waals surface area contributed by atoms with E-state index in [2.05, 4.69) is 20.3 Å². The molecular formula is C14H17Cl2N5O. The zero-order chi connectivity index (χ0) is 14.7. The van der Waals surface area contributed by atoms with Crippen LogP contribution in [0.2, 0.25) is 5.28 Å². The van der Waals surface area contributed by atoms with Gasteiger partial charge in [0.2, 0.25) is 17.2 Å².